The molecule has 1 aliphatic rings. The van der Waals surface area contributed by atoms with Crippen LogP contribution in [0.5, 0.6) is 0 Å². The third kappa shape index (κ3) is 4.71. The minimum absolute atomic E-state index is 0.00299. The molecular formula is C21H24O3S2. The van der Waals surface area contributed by atoms with Gasteiger partial charge in [0.05, 0.1) is 16.8 Å². The topological polar surface area (TPSA) is 46.5 Å². The average molecular weight is 389 g/mol. The zero-order chi connectivity index (χ0) is 18.4. The second-order valence-corrected chi connectivity index (χ2v) is 9.13. The van der Waals surface area contributed by atoms with Gasteiger partial charge in [0.2, 0.25) is 0 Å². The summed E-state index contributed by atoms with van der Waals surface area (Å²) < 4.78 is 5.14. The first-order chi connectivity index (χ1) is 12.6. The van der Waals surface area contributed by atoms with E-state index in [1.54, 1.807) is 11.8 Å². The molecule has 0 bridgehead atoms. The molecule has 0 amide bonds. The van der Waals surface area contributed by atoms with Crippen LogP contribution in [0, 0.1) is 5.92 Å². The van der Waals surface area contributed by atoms with Crippen LogP contribution < -0.4 is 0 Å². The van der Waals surface area contributed by atoms with Crippen LogP contribution in [-0.4, -0.2) is 34.3 Å². The van der Waals surface area contributed by atoms with Gasteiger partial charge in [-0.2, -0.15) is 0 Å². The van der Waals surface area contributed by atoms with Gasteiger partial charge in [-0.05, 0) is 37.1 Å². The van der Waals surface area contributed by atoms with Gasteiger partial charge in [-0.15, -0.1) is 11.8 Å². The van der Waals surface area contributed by atoms with E-state index in [9.17, 15) is 9.90 Å². The molecule has 0 spiro atoms. The van der Waals surface area contributed by atoms with E-state index in [1.165, 1.54) is 11.8 Å². The van der Waals surface area contributed by atoms with Crippen LogP contribution in [0.1, 0.15) is 19.8 Å². The molecule has 3 nitrogen and oxygen atoms in total. The van der Waals surface area contributed by atoms with Crippen molar-refractivity contribution in [3.63, 3.8) is 0 Å². The van der Waals surface area contributed by atoms with Crippen molar-refractivity contribution < 1.29 is 14.6 Å². The number of aliphatic hydroxyl groups excluding tert-OH is 1. The maximum Gasteiger partial charge on any atom is 0.199 e. The van der Waals surface area contributed by atoms with Gasteiger partial charge in [-0.1, -0.05) is 55.1 Å². The summed E-state index contributed by atoms with van der Waals surface area (Å²) >= 11 is 2.89. The number of ether oxygens (including phenoxy) is 1. The summed E-state index contributed by atoms with van der Waals surface area (Å²) in [6.45, 7) is 3.07. The van der Waals surface area contributed by atoms with Gasteiger partial charge < -0.3 is 9.84 Å². The molecular weight excluding hydrogens is 364 g/mol. The molecule has 0 saturated carbocycles. The first kappa shape index (κ1) is 19.5. The molecule has 1 aliphatic heterocycles. The van der Waals surface area contributed by atoms with Gasteiger partial charge in [0.1, 0.15) is 0 Å². The normalized spacial score (nSPS) is 18.8. The number of thioether (sulfide) groups is 2. The third-order valence-electron chi connectivity index (χ3n) is 4.75. The van der Waals surface area contributed by atoms with Crippen LogP contribution >= 0.6 is 23.5 Å². The Kier molecular flexibility index (Phi) is 6.81. The first-order valence-electron chi connectivity index (χ1n) is 8.87. The van der Waals surface area contributed by atoms with E-state index in [1.807, 2.05) is 55.5 Å². The SMILES string of the molecule is C[C@H](C(=O)Sc1ccccc1)[C@H](O)C1(Sc2ccccc2)CCOCC1. The van der Waals surface area contributed by atoms with Gasteiger partial charge in [-0.25, -0.2) is 0 Å². The number of rotatable bonds is 6. The van der Waals surface area contributed by atoms with Gasteiger partial charge in [-0.3, -0.25) is 4.79 Å². The second kappa shape index (κ2) is 9.09. The molecule has 1 heterocycles. The molecule has 2 atom stereocenters. The van der Waals surface area contributed by atoms with Crippen molar-refractivity contribution in [2.75, 3.05) is 13.2 Å². The summed E-state index contributed by atoms with van der Waals surface area (Å²) in [5.74, 6) is -0.450. The minimum Gasteiger partial charge on any atom is -0.391 e. The lowest BCUT2D eigenvalue weighted by molar-refractivity contribution is -0.118. The summed E-state index contributed by atoms with van der Waals surface area (Å²) in [6.07, 6.45) is 0.753. The second-order valence-electron chi connectivity index (χ2n) is 6.56. The minimum atomic E-state index is -0.722. The lowest BCUT2D eigenvalue weighted by Gasteiger charge is -2.42. The van der Waals surface area contributed by atoms with E-state index in [0.717, 1.165) is 22.6 Å². The molecule has 0 aliphatic carbocycles. The molecule has 138 valence electrons. The molecule has 2 aromatic carbocycles. The van der Waals surface area contributed by atoms with E-state index in [2.05, 4.69) is 12.1 Å². The average Bonchev–Trinajstić information content (AvgIpc) is 2.69. The van der Waals surface area contributed by atoms with Crippen molar-refractivity contribution in [2.24, 2.45) is 5.92 Å². The Morgan fingerprint density at radius 1 is 1.00 bits per heavy atom. The molecule has 3 rings (SSSR count). The van der Waals surface area contributed by atoms with E-state index >= 15 is 0 Å². The number of carbonyl (C=O) groups is 1. The molecule has 0 radical (unpaired) electrons. The van der Waals surface area contributed by atoms with Gasteiger partial charge in [0.15, 0.2) is 5.12 Å². The van der Waals surface area contributed by atoms with E-state index < -0.39 is 16.8 Å². The van der Waals surface area contributed by atoms with Crippen molar-refractivity contribution >= 4 is 28.6 Å². The highest BCUT2D eigenvalue weighted by Gasteiger charge is 2.44. The summed E-state index contributed by atoms with van der Waals surface area (Å²) in [5.41, 5.74) is 0. The number of hydrogen-bond donors (Lipinski definition) is 1. The van der Waals surface area contributed by atoms with Crippen molar-refractivity contribution in [1.82, 2.24) is 0 Å². The highest BCUT2D eigenvalue weighted by Crippen LogP contribution is 2.45. The molecule has 0 unspecified atom stereocenters. The monoisotopic (exact) mass is 388 g/mol. The van der Waals surface area contributed by atoms with Crippen LogP contribution in [0.3, 0.4) is 0 Å². The summed E-state index contributed by atoms with van der Waals surface area (Å²) in [4.78, 5) is 14.8. The Balaban J connectivity index is 1.76. The van der Waals surface area contributed by atoms with E-state index in [4.69, 9.17) is 4.74 Å². The zero-order valence-corrected chi connectivity index (χ0v) is 16.5. The Morgan fingerprint density at radius 3 is 2.12 bits per heavy atom. The number of benzene rings is 2. The summed E-state index contributed by atoms with van der Waals surface area (Å²) in [5, 5.41) is 11.2. The van der Waals surface area contributed by atoms with Crippen molar-refractivity contribution in [3.8, 4) is 0 Å². The number of aliphatic hydroxyl groups is 1. The van der Waals surface area contributed by atoms with E-state index in [0.29, 0.717) is 13.2 Å². The highest BCUT2D eigenvalue weighted by atomic mass is 32.2. The lowest BCUT2D eigenvalue weighted by Crippen LogP contribution is -2.48. The zero-order valence-electron chi connectivity index (χ0n) is 14.8. The molecule has 26 heavy (non-hydrogen) atoms. The van der Waals surface area contributed by atoms with Gasteiger partial charge in [0.25, 0.3) is 0 Å². The predicted octanol–water partition coefficient (Wildman–Crippen LogP) is 4.64. The summed E-state index contributed by atoms with van der Waals surface area (Å²) in [6, 6.07) is 19.7. The summed E-state index contributed by atoms with van der Waals surface area (Å²) in [7, 11) is 0. The van der Waals surface area contributed by atoms with Crippen LogP contribution in [0.25, 0.3) is 0 Å². The predicted molar refractivity (Wildman–Crippen MR) is 108 cm³/mol. The van der Waals surface area contributed by atoms with Crippen LogP contribution in [-0.2, 0) is 9.53 Å². The molecule has 1 N–H and O–H groups in total. The molecule has 0 aromatic heterocycles. The fraction of sp³-hybridized carbons (Fsp3) is 0.381. The maximum absolute atomic E-state index is 12.8. The number of carbonyl (C=O) groups excluding carboxylic acids is 1. The highest BCUT2D eigenvalue weighted by molar-refractivity contribution is 8.13. The Hall–Kier alpha value is -1.27. The molecule has 2 aromatic rings. The van der Waals surface area contributed by atoms with Crippen LogP contribution in [0.4, 0.5) is 0 Å². The molecule has 5 heteroatoms. The van der Waals surface area contributed by atoms with E-state index in [-0.39, 0.29) is 5.12 Å². The van der Waals surface area contributed by atoms with Crippen LogP contribution in [0.15, 0.2) is 70.5 Å². The smallest absolute Gasteiger partial charge is 0.199 e. The third-order valence-corrected chi connectivity index (χ3v) is 7.39. The maximum atomic E-state index is 12.8. The number of hydrogen-bond acceptors (Lipinski definition) is 5. The largest absolute Gasteiger partial charge is 0.391 e. The van der Waals surface area contributed by atoms with Crippen molar-refractivity contribution in [1.29, 1.82) is 0 Å². The fourth-order valence-electron chi connectivity index (χ4n) is 3.18. The quantitative estimate of drug-likeness (QED) is 0.730. The van der Waals surface area contributed by atoms with Crippen molar-refractivity contribution in [3.05, 3.63) is 60.7 Å². The lowest BCUT2D eigenvalue weighted by atomic mass is 9.86. The standard InChI is InChI=1S/C21H24O3S2/c1-16(20(23)25-17-8-4-2-5-9-17)19(22)21(12-14-24-15-13-21)26-18-10-6-3-7-11-18/h2-11,16,19,22H,12-15H2,1H3/t16-,19-/m0/s1. The van der Waals surface area contributed by atoms with Gasteiger partial charge >= 0.3 is 0 Å². The van der Waals surface area contributed by atoms with Crippen molar-refractivity contribution in [2.45, 2.75) is 40.4 Å². The fourth-order valence-corrected chi connectivity index (χ4v) is 5.48. The first-order valence-corrected chi connectivity index (χ1v) is 10.5. The Morgan fingerprint density at radius 2 is 1.54 bits per heavy atom. The molecule has 1 saturated heterocycles. The van der Waals surface area contributed by atoms with Crippen LogP contribution in [0.2, 0.25) is 0 Å². The molecule has 1 fully saturated rings. The Bertz CT molecular complexity index is 700. The van der Waals surface area contributed by atoms with Gasteiger partial charge in [0, 0.05) is 23.0 Å². The Labute approximate surface area is 163 Å².